The Labute approximate surface area is 187 Å². The van der Waals surface area contributed by atoms with Crippen molar-refractivity contribution in [2.45, 2.75) is 17.7 Å². The molecule has 0 spiro atoms. The van der Waals surface area contributed by atoms with Crippen molar-refractivity contribution >= 4 is 27.3 Å². The molecule has 0 amide bonds. The van der Waals surface area contributed by atoms with Crippen LogP contribution < -0.4 is 10.2 Å². The molecule has 2 saturated heterocycles. The number of hydrogen-bond donors (Lipinski definition) is 1. The molecule has 1 aromatic carbocycles. The molecule has 2 fully saturated rings. The molecule has 4 rings (SSSR count). The Bertz CT molecular complexity index is 1040. The zero-order valence-corrected chi connectivity index (χ0v) is 18.6. The molecule has 172 valence electrons. The molecule has 2 aliphatic heterocycles. The molecule has 2 aliphatic rings. The molecule has 0 bridgehead atoms. The molecule has 11 nitrogen and oxygen atoms in total. The fourth-order valence-electron chi connectivity index (χ4n) is 4.03. The van der Waals surface area contributed by atoms with Crippen LogP contribution in [0.25, 0.3) is 0 Å². The maximum atomic E-state index is 13.1. The summed E-state index contributed by atoms with van der Waals surface area (Å²) in [4.78, 5) is 23.6. The molecule has 2 aromatic rings. The summed E-state index contributed by atoms with van der Waals surface area (Å²) < 4.78 is 27.6. The molecule has 1 aromatic heterocycles. The number of hydrogen-bond acceptors (Lipinski definition) is 9. The van der Waals surface area contributed by atoms with Gasteiger partial charge in [0.2, 0.25) is 16.0 Å². The first-order chi connectivity index (χ1) is 15.4. The summed E-state index contributed by atoms with van der Waals surface area (Å²) >= 11 is 0. The van der Waals surface area contributed by atoms with Crippen molar-refractivity contribution in [3.63, 3.8) is 0 Å². The normalized spacial score (nSPS) is 18.1. The number of nitro groups is 1. The summed E-state index contributed by atoms with van der Waals surface area (Å²) in [7, 11) is -3.79. The van der Waals surface area contributed by atoms with Crippen molar-refractivity contribution in [3.05, 3.63) is 46.8 Å². The number of rotatable bonds is 8. The Hall–Kier alpha value is -2.83. The highest BCUT2D eigenvalue weighted by molar-refractivity contribution is 7.89. The van der Waals surface area contributed by atoms with Gasteiger partial charge in [-0.2, -0.15) is 4.31 Å². The van der Waals surface area contributed by atoms with E-state index in [1.807, 2.05) is 0 Å². The van der Waals surface area contributed by atoms with Gasteiger partial charge in [-0.1, -0.05) is 0 Å². The number of aromatic nitrogens is 2. The van der Waals surface area contributed by atoms with E-state index in [-0.39, 0.29) is 10.6 Å². The standard InChI is InChI=1S/C20H27N7O4S/c28-27(29)17-4-5-18(19(16-17)32(30,31)26-9-1-2-10-26)21-8-11-24-12-14-25(15-13-24)20-22-6-3-7-23-20/h3-7,16,21H,1-2,8-15H2. The highest BCUT2D eigenvalue weighted by atomic mass is 32.2. The van der Waals surface area contributed by atoms with Crippen molar-refractivity contribution in [2.24, 2.45) is 0 Å². The Morgan fingerprint density at radius 3 is 2.38 bits per heavy atom. The first-order valence-electron chi connectivity index (χ1n) is 10.7. The lowest BCUT2D eigenvalue weighted by atomic mass is 10.2. The average molecular weight is 462 g/mol. The first-order valence-corrected chi connectivity index (χ1v) is 12.2. The van der Waals surface area contributed by atoms with E-state index in [0.717, 1.165) is 57.6 Å². The van der Waals surface area contributed by atoms with Crippen LogP contribution in [0.1, 0.15) is 12.8 Å². The summed E-state index contributed by atoms with van der Waals surface area (Å²) in [5.41, 5.74) is 0.173. The summed E-state index contributed by atoms with van der Waals surface area (Å²) in [5.74, 6) is 0.730. The minimum atomic E-state index is -3.79. The molecule has 0 atom stereocenters. The first kappa shape index (κ1) is 22.4. The van der Waals surface area contributed by atoms with Gasteiger partial charge in [0.05, 0.1) is 10.6 Å². The van der Waals surface area contributed by atoms with Crippen molar-refractivity contribution in [2.75, 3.05) is 62.6 Å². The van der Waals surface area contributed by atoms with Crippen LogP contribution in [0.5, 0.6) is 0 Å². The average Bonchev–Trinajstić information content (AvgIpc) is 3.36. The van der Waals surface area contributed by atoms with E-state index in [4.69, 9.17) is 0 Å². The monoisotopic (exact) mass is 461 g/mol. The van der Waals surface area contributed by atoms with E-state index >= 15 is 0 Å². The van der Waals surface area contributed by atoms with Crippen LogP contribution in [0.15, 0.2) is 41.6 Å². The largest absolute Gasteiger partial charge is 0.383 e. The van der Waals surface area contributed by atoms with E-state index < -0.39 is 14.9 Å². The minimum absolute atomic E-state index is 0.0281. The van der Waals surface area contributed by atoms with Crippen LogP contribution in [0.2, 0.25) is 0 Å². The second-order valence-electron chi connectivity index (χ2n) is 7.85. The number of piperazine rings is 1. The quantitative estimate of drug-likeness (QED) is 0.459. The lowest BCUT2D eigenvalue weighted by Gasteiger charge is -2.34. The van der Waals surface area contributed by atoms with Gasteiger partial charge >= 0.3 is 0 Å². The fraction of sp³-hybridized carbons (Fsp3) is 0.500. The van der Waals surface area contributed by atoms with E-state index in [0.29, 0.717) is 25.3 Å². The second kappa shape index (κ2) is 9.76. The van der Waals surface area contributed by atoms with Crippen LogP contribution in [0, 0.1) is 10.1 Å². The van der Waals surface area contributed by atoms with Gasteiger partial charge in [0, 0.05) is 76.9 Å². The number of sulfonamides is 1. The summed E-state index contributed by atoms with van der Waals surface area (Å²) in [6.45, 7) is 5.47. The fourth-order valence-corrected chi connectivity index (χ4v) is 5.73. The third-order valence-corrected chi connectivity index (χ3v) is 7.75. The number of anilines is 2. The summed E-state index contributed by atoms with van der Waals surface area (Å²) in [6, 6.07) is 5.78. The summed E-state index contributed by atoms with van der Waals surface area (Å²) in [5, 5.41) is 14.4. The Morgan fingerprint density at radius 1 is 1.03 bits per heavy atom. The van der Waals surface area contributed by atoms with E-state index in [2.05, 4.69) is 25.1 Å². The topological polar surface area (TPSA) is 125 Å². The smallest absolute Gasteiger partial charge is 0.270 e. The highest BCUT2D eigenvalue weighted by Gasteiger charge is 2.31. The summed E-state index contributed by atoms with van der Waals surface area (Å²) in [6.07, 6.45) is 5.07. The van der Waals surface area contributed by atoms with Gasteiger partial charge in [0.15, 0.2) is 0 Å². The van der Waals surface area contributed by atoms with Crippen LogP contribution in [0.4, 0.5) is 17.3 Å². The second-order valence-corrected chi connectivity index (χ2v) is 9.76. The number of benzene rings is 1. The molecule has 0 radical (unpaired) electrons. The number of nitrogens with one attached hydrogen (secondary N) is 1. The molecule has 0 aliphatic carbocycles. The van der Waals surface area contributed by atoms with Crippen molar-refractivity contribution < 1.29 is 13.3 Å². The molecule has 0 saturated carbocycles. The van der Waals surface area contributed by atoms with E-state index in [1.54, 1.807) is 18.5 Å². The maximum absolute atomic E-state index is 13.1. The molecular weight excluding hydrogens is 434 g/mol. The third-order valence-electron chi connectivity index (χ3n) is 5.81. The molecule has 3 heterocycles. The van der Waals surface area contributed by atoms with Crippen LogP contribution in [0.3, 0.4) is 0 Å². The molecule has 0 unspecified atom stereocenters. The third kappa shape index (κ3) is 4.97. The number of nitro benzene ring substituents is 1. The van der Waals surface area contributed by atoms with Crippen molar-refractivity contribution in [1.82, 2.24) is 19.2 Å². The Morgan fingerprint density at radius 2 is 1.72 bits per heavy atom. The van der Waals surface area contributed by atoms with Gasteiger partial charge in [-0.25, -0.2) is 18.4 Å². The zero-order chi connectivity index (χ0) is 22.6. The van der Waals surface area contributed by atoms with E-state index in [9.17, 15) is 18.5 Å². The Balaban J connectivity index is 1.38. The lowest BCUT2D eigenvalue weighted by molar-refractivity contribution is -0.385. The van der Waals surface area contributed by atoms with Crippen LogP contribution >= 0.6 is 0 Å². The van der Waals surface area contributed by atoms with Gasteiger partial charge in [0.25, 0.3) is 5.69 Å². The predicted octanol–water partition coefficient (Wildman–Crippen LogP) is 1.40. The highest BCUT2D eigenvalue weighted by Crippen LogP contribution is 2.30. The van der Waals surface area contributed by atoms with Crippen molar-refractivity contribution in [3.8, 4) is 0 Å². The SMILES string of the molecule is O=[N+]([O-])c1ccc(NCCN2CCN(c3ncccn3)CC2)c(S(=O)(=O)N2CCCC2)c1. The van der Waals surface area contributed by atoms with Crippen molar-refractivity contribution in [1.29, 1.82) is 0 Å². The number of non-ortho nitro benzene ring substituents is 1. The predicted molar refractivity (Wildman–Crippen MR) is 120 cm³/mol. The van der Waals surface area contributed by atoms with E-state index in [1.165, 1.54) is 16.4 Å². The zero-order valence-electron chi connectivity index (χ0n) is 17.8. The van der Waals surface area contributed by atoms with Crippen LogP contribution in [-0.2, 0) is 10.0 Å². The van der Waals surface area contributed by atoms with Gasteiger partial charge in [-0.05, 0) is 25.0 Å². The lowest BCUT2D eigenvalue weighted by Crippen LogP contribution is -2.48. The van der Waals surface area contributed by atoms with Gasteiger partial charge in [-0.3, -0.25) is 15.0 Å². The van der Waals surface area contributed by atoms with Crippen LogP contribution in [-0.4, -0.2) is 84.9 Å². The minimum Gasteiger partial charge on any atom is -0.383 e. The molecule has 32 heavy (non-hydrogen) atoms. The molecular formula is C20H27N7O4S. The molecule has 1 N–H and O–H groups in total. The maximum Gasteiger partial charge on any atom is 0.270 e. The van der Waals surface area contributed by atoms with Gasteiger partial charge in [0.1, 0.15) is 4.90 Å². The molecule has 12 heteroatoms. The number of nitrogens with zero attached hydrogens (tertiary/aromatic N) is 6. The Kier molecular flexibility index (Phi) is 6.82. The van der Waals surface area contributed by atoms with Gasteiger partial charge in [-0.15, -0.1) is 0 Å². The van der Waals surface area contributed by atoms with Gasteiger partial charge < -0.3 is 10.2 Å².